The molecule has 0 radical (unpaired) electrons. The zero-order valence-electron chi connectivity index (χ0n) is 9.69. The third-order valence-electron chi connectivity index (χ3n) is 2.19. The largest absolute Gasteiger partial charge is 0.313 e. The van der Waals surface area contributed by atoms with Crippen molar-refractivity contribution in [1.29, 1.82) is 0 Å². The van der Waals surface area contributed by atoms with Gasteiger partial charge in [-0.15, -0.1) is 0 Å². The summed E-state index contributed by atoms with van der Waals surface area (Å²) in [7, 11) is 0. The maximum Gasteiger partial charge on any atom is 0.130 e. The molecule has 0 aliphatic rings. The fourth-order valence-electron chi connectivity index (χ4n) is 1.40. The second-order valence-electron chi connectivity index (χ2n) is 3.83. The molecule has 1 nitrogen and oxygen atoms in total. The van der Waals surface area contributed by atoms with E-state index < -0.39 is 0 Å². The quantitative estimate of drug-likeness (QED) is 0.807. The first-order chi connectivity index (χ1) is 7.63. The van der Waals surface area contributed by atoms with Crippen LogP contribution in [-0.2, 0) is 0 Å². The highest BCUT2D eigenvalue weighted by Crippen LogP contribution is 2.17. The minimum Gasteiger partial charge on any atom is -0.313 e. The van der Waals surface area contributed by atoms with Gasteiger partial charge in [0.1, 0.15) is 5.82 Å². The summed E-state index contributed by atoms with van der Waals surface area (Å²) in [6.07, 6.45) is 2.99. The molecule has 0 amide bonds. The van der Waals surface area contributed by atoms with Gasteiger partial charge in [0, 0.05) is 16.6 Å². The van der Waals surface area contributed by atoms with E-state index in [1.807, 2.05) is 13.0 Å². The summed E-state index contributed by atoms with van der Waals surface area (Å²) in [6.45, 7) is 5.93. The number of halogens is 2. The van der Waals surface area contributed by atoms with Crippen molar-refractivity contribution in [3.8, 4) is 0 Å². The zero-order valence-corrected chi connectivity index (χ0v) is 11.3. The second kappa shape index (κ2) is 6.81. The van der Waals surface area contributed by atoms with Crippen LogP contribution in [0.1, 0.15) is 25.8 Å². The fourth-order valence-corrected chi connectivity index (χ4v) is 1.78. The molecule has 0 aliphatic carbocycles. The van der Waals surface area contributed by atoms with Gasteiger partial charge in [-0.1, -0.05) is 34.5 Å². The smallest absolute Gasteiger partial charge is 0.130 e. The minimum atomic E-state index is -0.182. The normalized spacial score (nSPS) is 11.9. The van der Waals surface area contributed by atoms with Crippen molar-refractivity contribution in [2.24, 2.45) is 0 Å². The van der Waals surface area contributed by atoms with E-state index in [0.29, 0.717) is 5.56 Å². The van der Waals surface area contributed by atoms with Crippen molar-refractivity contribution in [2.75, 3.05) is 13.1 Å². The van der Waals surface area contributed by atoms with E-state index in [1.165, 1.54) is 6.07 Å². The summed E-state index contributed by atoms with van der Waals surface area (Å²) in [5, 5.41) is 3.29. The number of benzene rings is 1. The van der Waals surface area contributed by atoms with E-state index in [9.17, 15) is 4.39 Å². The Morgan fingerprint density at radius 3 is 2.94 bits per heavy atom. The molecule has 3 heteroatoms. The average molecular weight is 286 g/mol. The SMILES string of the molecule is CCCNCC(C)=Cc1cc(Br)ccc1F. The van der Waals surface area contributed by atoms with Crippen LogP contribution in [0.2, 0.25) is 0 Å². The third kappa shape index (κ3) is 4.45. The van der Waals surface area contributed by atoms with Gasteiger partial charge in [-0.25, -0.2) is 4.39 Å². The molecule has 1 N–H and O–H groups in total. The molecular formula is C13H17BrFN. The first-order valence-corrected chi connectivity index (χ1v) is 6.25. The van der Waals surface area contributed by atoms with Gasteiger partial charge in [0.25, 0.3) is 0 Å². The minimum absolute atomic E-state index is 0.182. The van der Waals surface area contributed by atoms with E-state index in [4.69, 9.17) is 0 Å². The van der Waals surface area contributed by atoms with Crippen LogP contribution in [0.15, 0.2) is 28.2 Å². The predicted molar refractivity (Wildman–Crippen MR) is 70.9 cm³/mol. The summed E-state index contributed by atoms with van der Waals surface area (Å²) in [5.41, 5.74) is 1.76. The molecule has 0 aliphatic heterocycles. The molecule has 0 saturated carbocycles. The van der Waals surface area contributed by atoms with Crippen molar-refractivity contribution >= 4 is 22.0 Å². The summed E-state index contributed by atoms with van der Waals surface area (Å²) >= 11 is 3.34. The Hall–Kier alpha value is -0.670. The number of rotatable bonds is 5. The maximum absolute atomic E-state index is 13.4. The highest BCUT2D eigenvalue weighted by molar-refractivity contribution is 9.10. The summed E-state index contributed by atoms with van der Waals surface area (Å²) < 4.78 is 14.3. The molecule has 1 aromatic rings. The maximum atomic E-state index is 13.4. The van der Waals surface area contributed by atoms with Gasteiger partial charge in [0.2, 0.25) is 0 Å². The lowest BCUT2D eigenvalue weighted by atomic mass is 10.1. The van der Waals surface area contributed by atoms with Gasteiger partial charge in [-0.05, 0) is 38.1 Å². The molecule has 1 aromatic carbocycles. The topological polar surface area (TPSA) is 12.0 Å². The Balaban J connectivity index is 2.69. The Bertz CT molecular complexity index is 374. The van der Waals surface area contributed by atoms with Crippen LogP contribution in [-0.4, -0.2) is 13.1 Å². The van der Waals surface area contributed by atoms with E-state index in [0.717, 1.165) is 29.6 Å². The van der Waals surface area contributed by atoms with E-state index in [-0.39, 0.29) is 5.82 Å². The fraction of sp³-hybridized carbons (Fsp3) is 0.385. The average Bonchev–Trinajstić information content (AvgIpc) is 2.24. The number of nitrogens with one attached hydrogen (secondary N) is 1. The third-order valence-corrected chi connectivity index (χ3v) is 2.68. The van der Waals surface area contributed by atoms with Crippen molar-refractivity contribution in [1.82, 2.24) is 5.32 Å². The molecule has 0 atom stereocenters. The monoisotopic (exact) mass is 285 g/mol. The number of hydrogen-bond acceptors (Lipinski definition) is 1. The van der Waals surface area contributed by atoms with Crippen molar-refractivity contribution in [3.63, 3.8) is 0 Å². The lowest BCUT2D eigenvalue weighted by Gasteiger charge is -2.04. The molecule has 0 unspecified atom stereocenters. The molecule has 0 fully saturated rings. The summed E-state index contributed by atoms with van der Waals surface area (Å²) in [5.74, 6) is -0.182. The van der Waals surface area contributed by atoms with Crippen LogP contribution in [0.25, 0.3) is 6.08 Å². The Morgan fingerprint density at radius 2 is 2.25 bits per heavy atom. The number of hydrogen-bond donors (Lipinski definition) is 1. The van der Waals surface area contributed by atoms with Gasteiger partial charge < -0.3 is 5.32 Å². The molecule has 88 valence electrons. The van der Waals surface area contributed by atoms with Crippen LogP contribution in [0.5, 0.6) is 0 Å². The van der Waals surface area contributed by atoms with E-state index in [1.54, 1.807) is 12.1 Å². The molecule has 0 spiro atoms. The van der Waals surface area contributed by atoms with Crippen LogP contribution >= 0.6 is 15.9 Å². The zero-order chi connectivity index (χ0) is 12.0. The lowest BCUT2D eigenvalue weighted by molar-refractivity contribution is 0.624. The highest BCUT2D eigenvalue weighted by atomic mass is 79.9. The molecular weight excluding hydrogens is 269 g/mol. The molecule has 0 saturated heterocycles. The molecule has 0 heterocycles. The van der Waals surface area contributed by atoms with E-state index in [2.05, 4.69) is 28.2 Å². The van der Waals surface area contributed by atoms with Crippen molar-refractivity contribution < 1.29 is 4.39 Å². The van der Waals surface area contributed by atoms with Gasteiger partial charge >= 0.3 is 0 Å². The van der Waals surface area contributed by atoms with Gasteiger partial charge in [-0.3, -0.25) is 0 Å². The van der Waals surface area contributed by atoms with Crippen molar-refractivity contribution in [2.45, 2.75) is 20.3 Å². The van der Waals surface area contributed by atoms with Gasteiger partial charge in [-0.2, -0.15) is 0 Å². The van der Waals surface area contributed by atoms with Crippen LogP contribution in [0.4, 0.5) is 4.39 Å². The molecule has 16 heavy (non-hydrogen) atoms. The van der Waals surface area contributed by atoms with Crippen molar-refractivity contribution in [3.05, 3.63) is 39.6 Å². The molecule has 0 bridgehead atoms. The van der Waals surface area contributed by atoms with Gasteiger partial charge in [0.15, 0.2) is 0 Å². The first-order valence-electron chi connectivity index (χ1n) is 5.46. The van der Waals surface area contributed by atoms with Crippen LogP contribution in [0.3, 0.4) is 0 Å². The second-order valence-corrected chi connectivity index (χ2v) is 4.75. The summed E-state index contributed by atoms with van der Waals surface area (Å²) in [6, 6.07) is 4.97. The van der Waals surface area contributed by atoms with E-state index >= 15 is 0 Å². The van der Waals surface area contributed by atoms with Crippen LogP contribution < -0.4 is 5.32 Å². The molecule has 0 aromatic heterocycles. The first kappa shape index (κ1) is 13.4. The summed E-state index contributed by atoms with van der Waals surface area (Å²) in [4.78, 5) is 0. The highest BCUT2D eigenvalue weighted by Gasteiger charge is 2.00. The molecule has 1 rings (SSSR count). The lowest BCUT2D eigenvalue weighted by Crippen LogP contribution is -2.16. The van der Waals surface area contributed by atoms with Crippen LogP contribution in [0, 0.1) is 5.82 Å². The standard InChI is InChI=1S/C13H17BrFN/c1-3-6-16-9-10(2)7-11-8-12(14)4-5-13(11)15/h4-5,7-8,16H,3,6,9H2,1-2H3. The van der Waals surface area contributed by atoms with Gasteiger partial charge in [0.05, 0.1) is 0 Å². The Kier molecular flexibility index (Phi) is 5.71. The Labute approximate surface area is 105 Å². The Morgan fingerprint density at radius 1 is 1.50 bits per heavy atom. The predicted octanol–water partition coefficient (Wildman–Crippen LogP) is 3.99.